The number of ether oxygens (including phenoxy) is 1. The lowest BCUT2D eigenvalue weighted by Gasteiger charge is -2.01. The summed E-state index contributed by atoms with van der Waals surface area (Å²) in [5.41, 5.74) is 1.68. The quantitative estimate of drug-likeness (QED) is 0.881. The highest BCUT2D eigenvalue weighted by Crippen LogP contribution is 2.11. The van der Waals surface area contributed by atoms with Gasteiger partial charge in [0, 0.05) is 18.0 Å². The number of amides is 1. The summed E-state index contributed by atoms with van der Waals surface area (Å²) in [6.45, 7) is 0.456. The maximum atomic E-state index is 12.8. The first kappa shape index (κ1) is 15.6. The minimum Gasteiger partial charge on any atom is -0.497 e. The van der Waals surface area contributed by atoms with Crippen LogP contribution in [-0.2, 0) is 11.2 Å². The van der Waals surface area contributed by atoms with Crippen LogP contribution in [0.5, 0.6) is 5.75 Å². The Labute approximate surface area is 129 Å². The first-order valence-electron chi connectivity index (χ1n) is 6.86. The van der Waals surface area contributed by atoms with Crippen molar-refractivity contribution in [2.45, 2.75) is 6.42 Å². The molecule has 0 fully saturated rings. The van der Waals surface area contributed by atoms with Crippen molar-refractivity contribution in [3.05, 3.63) is 65.5 Å². The Morgan fingerprint density at radius 1 is 1.23 bits per heavy atom. The summed E-state index contributed by atoms with van der Waals surface area (Å²) < 4.78 is 17.8. The van der Waals surface area contributed by atoms with E-state index in [2.05, 4.69) is 17.2 Å². The molecule has 3 nitrogen and oxygen atoms in total. The van der Waals surface area contributed by atoms with E-state index in [0.29, 0.717) is 24.3 Å². The minimum atomic E-state index is -0.343. The van der Waals surface area contributed by atoms with Crippen LogP contribution in [0.1, 0.15) is 11.1 Å². The molecule has 0 aliphatic heterocycles. The molecule has 0 radical (unpaired) electrons. The fourth-order valence-electron chi connectivity index (χ4n) is 1.85. The van der Waals surface area contributed by atoms with Crippen molar-refractivity contribution in [1.82, 2.24) is 5.32 Å². The lowest BCUT2D eigenvalue weighted by Crippen LogP contribution is -2.23. The summed E-state index contributed by atoms with van der Waals surface area (Å²) in [4.78, 5) is 11.6. The monoisotopic (exact) mass is 297 g/mol. The molecule has 0 aliphatic carbocycles. The molecule has 2 aromatic rings. The van der Waals surface area contributed by atoms with Gasteiger partial charge in [0.1, 0.15) is 11.6 Å². The topological polar surface area (TPSA) is 38.3 Å². The van der Waals surface area contributed by atoms with Crippen LogP contribution in [0.25, 0.3) is 0 Å². The third-order valence-corrected chi connectivity index (χ3v) is 3.00. The van der Waals surface area contributed by atoms with Gasteiger partial charge in [-0.05, 0) is 42.3 Å². The molecule has 0 bridgehead atoms. The third-order valence-electron chi connectivity index (χ3n) is 3.00. The highest BCUT2D eigenvalue weighted by molar-refractivity contribution is 5.94. The molecule has 0 aromatic heterocycles. The van der Waals surface area contributed by atoms with Gasteiger partial charge in [-0.15, -0.1) is 0 Å². The molecule has 0 atom stereocenters. The second-order valence-electron chi connectivity index (χ2n) is 4.61. The van der Waals surface area contributed by atoms with E-state index >= 15 is 0 Å². The number of rotatable bonds is 4. The minimum absolute atomic E-state index is 0.267. The van der Waals surface area contributed by atoms with Gasteiger partial charge in [-0.2, -0.15) is 0 Å². The van der Waals surface area contributed by atoms with Crippen LogP contribution < -0.4 is 10.1 Å². The van der Waals surface area contributed by atoms with Gasteiger partial charge in [0.25, 0.3) is 5.91 Å². The SMILES string of the molecule is COc1cccc(C#CC(=O)NCCc2ccc(F)cc2)c1. The predicted molar refractivity (Wildman–Crippen MR) is 83.0 cm³/mol. The van der Waals surface area contributed by atoms with E-state index in [-0.39, 0.29) is 11.7 Å². The van der Waals surface area contributed by atoms with E-state index in [1.54, 1.807) is 31.4 Å². The number of carbonyl (C=O) groups excluding carboxylic acids is 1. The summed E-state index contributed by atoms with van der Waals surface area (Å²) in [7, 11) is 1.58. The van der Waals surface area contributed by atoms with Crippen molar-refractivity contribution >= 4 is 5.91 Å². The van der Waals surface area contributed by atoms with Gasteiger partial charge in [0.15, 0.2) is 0 Å². The van der Waals surface area contributed by atoms with Crippen molar-refractivity contribution in [2.75, 3.05) is 13.7 Å². The molecule has 0 unspecified atom stereocenters. The van der Waals surface area contributed by atoms with Crippen molar-refractivity contribution in [3.8, 4) is 17.6 Å². The number of carbonyl (C=O) groups is 1. The molecule has 0 saturated carbocycles. The van der Waals surface area contributed by atoms with Crippen LogP contribution in [0.15, 0.2) is 48.5 Å². The molecule has 0 spiro atoms. The van der Waals surface area contributed by atoms with Gasteiger partial charge >= 0.3 is 0 Å². The van der Waals surface area contributed by atoms with Gasteiger partial charge < -0.3 is 10.1 Å². The molecule has 1 amide bonds. The van der Waals surface area contributed by atoms with E-state index in [1.165, 1.54) is 12.1 Å². The Morgan fingerprint density at radius 3 is 2.73 bits per heavy atom. The van der Waals surface area contributed by atoms with E-state index in [4.69, 9.17) is 4.74 Å². The zero-order valence-electron chi connectivity index (χ0n) is 12.2. The Balaban J connectivity index is 1.83. The summed E-state index contributed by atoms with van der Waals surface area (Å²) in [6.07, 6.45) is 0.632. The molecule has 4 heteroatoms. The van der Waals surface area contributed by atoms with Gasteiger partial charge in [-0.3, -0.25) is 4.79 Å². The lowest BCUT2D eigenvalue weighted by atomic mass is 10.1. The smallest absolute Gasteiger partial charge is 0.296 e. The number of hydrogen-bond donors (Lipinski definition) is 1. The number of benzene rings is 2. The highest BCUT2D eigenvalue weighted by Gasteiger charge is 1.98. The van der Waals surface area contributed by atoms with Crippen molar-refractivity contribution in [1.29, 1.82) is 0 Å². The molecule has 2 rings (SSSR count). The normalized spacial score (nSPS) is 9.55. The summed E-state index contributed by atoms with van der Waals surface area (Å²) in [5.74, 6) is 5.40. The summed E-state index contributed by atoms with van der Waals surface area (Å²) in [5, 5.41) is 2.71. The lowest BCUT2D eigenvalue weighted by molar-refractivity contribution is -0.115. The Hall–Kier alpha value is -2.80. The summed E-state index contributed by atoms with van der Waals surface area (Å²) in [6, 6.07) is 13.4. The van der Waals surface area contributed by atoms with Gasteiger partial charge in [-0.1, -0.05) is 24.1 Å². The van der Waals surface area contributed by atoms with Crippen LogP contribution in [0, 0.1) is 17.7 Å². The van der Waals surface area contributed by atoms with Crippen LogP contribution in [0.4, 0.5) is 4.39 Å². The molecular weight excluding hydrogens is 281 g/mol. The maximum Gasteiger partial charge on any atom is 0.296 e. The van der Waals surface area contributed by atoms with Crippen LogP contribution in [-0.4, -0.2) is 19.6 Å². The first-order valence-corrected chi connectivity index (χ1v) is 6.86. The number of nitrogens with one attached hydrogen (secondary N) is 1. The Kier molecular flexibility index (Phi) is 5.56. The zero-order chi connectivity index (χ0) is 15.8. The second-order valence-corrected chi connectivity index (χ2v) is 4.61. The van der Waals surface area contributed by atoms with Gasteiger partial charge in [0.05, 0.1) is 7.11 Å². The molecule has 0 heterocycles. The average molecular weight is 297 g/mol. The van der Waals surface area contributed by atoms with Crippen LogP contribution in [0.3, 0.4) is 0 Å². The highest BCUT2D eigenvalue weighted by atomic mass is 19.1. The fourth-order valence-corrected chi connectivity index (χ4v) is 1.85. The van der Waals surface area contributed by atoms with Gasteiger partial charge in [-0.25, -0.2) is 4.39 Å². The number of halogens is 1. The fraction of sp³-hybridized carbons (Fsp3) is 0.167. The largest absolute Gasteiger partial charge is 0.497 e. The zero-order valence-corrected chi connectivity index (χ0v) is 12.2. The Bertz CT molecular complexity index is 699. The molecule has 112 valence electrons. The van der Waals surface area contributed by atoms with E-state index in [9.17, 15) is 9.18 Å². The molecular formula is C18H16FNO2. The maximum absolute atomic E-state index is 12.8. The average Bonchev–Trinajstić information content (AvgIpc) is 2.55. The van der Waals surface area contributed by atoms with Crippen molar-refractivity contribution < 1.29 is 13.9 Å². The van der Waals surface area contributed by atoms with E-state index < -0.39 is 0 Å². The number of hydrogen-bond acceptors (Lipinski definition) is 2. The van der Waals surface area contributed by atoms with E-state index in [0.717, 1.165) is 5.56 Å². The second kappa shape index (κ2) is 7.84. The molecule has 22 heavy (non-hydrogen) atoms. The van der Waals surface area contributed by atoms with Crippen LogP contribution >= 0.6 is 0 Å². The van der Waals surface area contributed by atoms with Gasteiger partial charge in [0.2, 0.25) is 0 Å². The van der Waals surface area contributed by atoms with Crippen molar-refractivity contribution in [3.63, 3.8) is 0 Å². The van der Waals surface area contributed by atoms with Crippen LogP contribution in [0.2, 0.25) is 0 Å². The van der Waals surface area contributed by atoms with E-state index in [1.807, 2.05) is 12.1 Å². The molecule has 0 saturated heterocycles. The molecule has 1 N–H and O–H groups in total. The number of methoxy groups -OCH3 is 1. The molecule has 2 aromatic carbocycles. The first-order chi connectivity index (χ1) is 10.7. The molecule has 0 aliphatic rings. The third kappa shape index (κ3) is 4.95. The predicted octanol–water partition coefficient (Wildman–Crippen LogP) is 2.54. The summed E-state index contributed by atoms with van der Waals surface area (Å²) >= 11 is 0. The standard InChI is InChI=1S/C18H16FNO2/c1-22-17-4-2-3-15(13-17)7-10-18(21)20-12-11-14-5-8-16(19)9-6-14/h2-6,8-9,13H,11-12H2,1H3,(H,20,21). The Morgan fingerprint density at radius 2 is 2.00 bits per heavy atom. The van der Waals surface area contributed by atoms with Crippen molar-refractivity contribution in [2.24, 2.45) is 0 Å².